The van der Waals surface area contributed by atoms with Crippen molar-refractivity contribution in [1.82, 2.24) is 4.90 Å². The molecule has 0 aromatic heterocycles. The number of para-hydroxylation sites is 1. The van der Waals surface area contributed by atoms with Crippen LogP contribution in [-0.2, 0) is 21.6 Å². The second-order valence-corrected chi connectivity index (χ2v) is 11.0. The van der Waals surface area contributed by atoms with E-state index in [2.05, 4.69) is 47.4 Å². The summed E-state index contributed by atoms with van der Waals surface area (Å²) < 4.78 is 11.9. The van der Waals surface area contributed by atoms with Gasteiger partial charge in [0.1, 0.15) is 5.54 Å². The van der Waals surface area contributed by atoms with E-state index in [0.717, 1.165) is 33.5 Å². The molecule has 0 saturated heterocycles. The van der Waals surface area contributed by atoms with E-state index in [9.17, 15) is 4.79 Å². The van der Waals surface area contributed by atoms with Crippen molar-refractivity contribution in [2.75, 3.05) is 18.2 Å². The highest BCUT2D eigenvalue weighted by molar-refractivity contribution is 5.93. The Bertz CT molecular complexity index is 1420. The molecule has 0 aliphatic carbocycles. The summed E-state index contributed by atoms with van der Waals surface area (Å²) in [7, 11) is 0. The predicted molar refractivity (Wildman–Crippen MR) is 169 cm³/mol. The van der Waals surface area contributed by atoms with Gasteiger partial charge in [0.15, 0.2) is 6.73 Å². The molecule has 4 aromatic rings. The van der Waals surface area contributed by atoms with Gasteiger partial charge >= 0.3 is 6.09 Å². The molecule has 42 heavy (non-hydrogen) atoms. The Morgan fingerprint density at radius 3 is 1.90 bits per heavy atom. The van der Waals surface area contributed by atoms with Crippen LogP contribution in [0.1, 0.15) is 43.0 Å². The molecule has 1 heterocycles. The van der Waals surface area contributed by atoms with E-state index in [1.54, 1.807) is 6.26 Å². The minimum absolute atomic E-state index is 0.181. The molecule has 4 aromatic carbocycles. The van der Waals surface area contributed by atoms with Gasteiger partial charge < -0.3 is 14.4 Å². The number of benzene rings is 4. The van der Waals surface area contributed by atoms with Crippen molar-refractivity contribution in [3.63, 3.8) is 0 Å². The number of carbonyl (C=O) groups is 1. The maximum atomic E-state index is 14.6. The zero-order valence-electron chi connectivity index (χ0n) is 24.5. The summed E-state index contributed by atoms with van der Waals surface area (Å²) in [6, 6.07) is 38.7. The van der Waals surface area contributed by atoms with E-state index < -0.39 is 11.6 Å². The molecule has 0 spiro atoms. The monoisotopic (exact) mass is 558 g/mol. The molecule has 214 valence electrons. The van der Waals surface area contributed by atoms with Gasteiger partial charge in [-0.3, -0.25) is 4.90 Å². The van der Waals surface area contributed by atoms with E-state index in [1.165, 1.54) is 0 Å². The quantitative estimate of drug-likeness (QED) is 0.193. The van der Waals surface area contributed by atoms with E-state index >= 15 is 0 Å². The van der Waals surface area contributed by atoms with Crippen LogP contribution in [0, 0.1) is 5.92 Å². The Morgan fingerprint density at radius 2 is 1.36 bits per heavy atom. The van der Waals surface area contributed by atoms with Gasteiger partial charge in [-0.25, -0.2) is 4.79 Å². The number of anilines is 1. The predicted octanol–water partition coefficient (Wildman–Crippen LogP) is 8.48. The number of ether oxygens (including phenoxy) is 2. The highest BCUT2D eigenvalue weighted by Gasteiger charge is 2.47. The van der Waals surface area contributed by atoms with Crippen molar-refractivity contribution < 1.29 is 14.3 Å². The fourth-order valence-electron chi connectivity index (χ4n) is 5.39. The maximum absolute atomic E-state index is 14.6. The first kappa shape index (κ1) is 28.7. The first-order valence-corrected chi connectivity index (χ1v) is 14.4. The lowest BCUT2D eigenvalue weighted by Gasteiger charge is -2.45. The zero-order valence-corrected chi connectivity index (χ0v) is 24.5. The van der Waals surface area contributed by atoms with E-state index in [1.807, 2.05) is 111 Å². The SMILES string of the molecule is CC1=COCN(Cc2ccccc2N(C(=O)OCC(C)C)C(c2ccccc2)(c2ccccc2)c2ccccc2)C=C1. The number of nitrogens with zero attached hydrogens (tertiary/aromatic N) is 2. The molecule has 5 heteroatoms. The van der Waals surface area contributed by atoms with Crippen molar-refractivity contribution >= 4 is 11.8 Å². The second-order valence-electron chi connectivity index (χ2n) is 11.0. The number of hydrogen-bond donors (Lipinski definition) is 0. The third-order valence-corrected chi connectivity index (χ3v) is 7.30. The summed E-state index contributed by atoms with van der Waals surface area (Å²) in [5, 5.41) is 0. The van der Waals surface area contributed by atoms with Crippen LogP contribution < -0.4 is 4.90 Å². The van der Waals surface area contributed by atoms with E-state index in [-0.39, 0.29) is 5.92 Å². The van der Waals surface area contributed by atoms with Gasteiger partial charge in [-0.15, -0.1) is 0 Å². The Morgan fingerprint density at radius 1 is 0.833 bits per heavy atom. The Balaban J connectivity index is 1.78. The van der Waals surface area contributed by atoms with Crippen molar-refractivity contribution in [3.8, 4) is 0 Å². The van der Waals surface area contributed by atoms with Gasteiger partial charge in [-0.1, -0.05) is 123 Å². The summed E-state index contributed by atoms with van der Waals surface area (Å²) >= 11 is 0. The van der Waals surface area contributed by atoms with Crippen LogP contribution >= 0.6 is 0 Å². The lowest BCUT2D eigenvalue weighted by atomic mass is 9.75. The van der Waals surface area contributed by atoms with Gasteiger partial charge in [0.2, 0.25) is 0 Å². The fraction of sp³-hybridized carbons (Fsp3) is 0.216. The van der Waals surface area contributed by atoms with Crippen LogP contribution in [0.3, 0.4) is 0 Å². The Hall–Kier alpha value is -4.77. The largest absolute Gasteiger partial charge is 0.480 e. The number of rotatable bonds is 9. The number of amides is 1. The molecule has 0 unspecified atom stereocenters. The van der Waals surface area contributed by atoms with Gasteiger partial charge in [0.25, 0.3) is 0 Å². The van der Waals surface area contributed by atoms with Crippen LogP contribution in [0.2, 0.25) is 0 Å². The average molecular weight is 559 g/mol. The van der Waals surface area contributed by atoms with Crippen LogP contribution in [0.4, 0.5) is 10.5 Å². The summed E-state index contributed by atoms with van der Waals surface area (Å²) in [6.07, 6.45) is 5.43. The molecule has 5 rings (SSSR count). The highest BCUT2D eigenvalue weighted by atomic mass is 16.6. The van der Waals surface area contributed by atoms with Gasteiger partial charge in [-0.2, -0.15) is 0 Å². The van der Waals surface area contributed by atoms with Crippen molar-refractivity contribution in [2.45, 2.75) is 32.9 Å². The fourth-order valence-corrected chi connectivity index (χ4v) is 5.39. The average Bonchev–Trinajstić information content (AvgIpc) is 3.24. The third kappa shape index (κ3) is 6.10. The molecule has 0 N–H and O–H groups in total. The molecular weight excluding hydrogens is 520 g/mol. The van der Waals surface area contributed by atoms with Crippen molar-refractivity contribution in [2.24, 2.45) is 5.92 Å². The molecule has 5 nitrogen and oxygen atoms in total. The second kappa shape index (κ2) is 13.3. The lowest BCUT2D eigenvalue weighted by Crippen LogP contribution is -2.52. The lowest BCUT2D eigenvalue weighted by molar-refractivity contribution is 0.126. The van der Waals surface area contributed by atoms with E-state index in [0.29, 0.717) is 19.9 Å². The summed E-state index contributed by atoms with van der Waals surface area (Å²) in [6.45, 7) is 7.35. The third-order valence-electron chi connectivity index (χ3n) is 7.30. The Kier molecular flexibility index (Phi) is 9.08. The first-order chi connectivity index (χ1) is 20.5. The number of hydrogen-bond acceptors (Lipinski definition) is 4. The van der Waals surface area contributed by atoms with Crippen LogP contribution in [0.25, 0.3) is 0 Å². The summed E-state index contributed by atoms with van der Waals surface area (Å²) in [4.78, 5) is 18.6. The number of carbonyl (C=O) groups excluding carboxylic acids is 1. The van der Waals surface area contributed by atoms with E-state index in [4.69, 9.17) is 9.47 Å². The summed E-state index contributed by atoms with van der Waals surface area (Å²) in [5.41, 5.74) is 4.62. The topological polar surface area (TPSA) is 42.0 Å². The standard InChI is InChI=1S/C37H38N2O3/c1-29(2)26-42-36(40)39(35-22-14-13-15-31(35)25-38-24-23-30(3)27-41-28-38)37(32-16-7-4-8-17-32,33-18-9-5-10-19-33)34-20-11-6-12-21-34/h4-24,27,29H,25-26,28H2,1-3H3. The molecule has 0 fully saturated rings. The molecule has 1 amide bonds. The normalized spacial score (nSPS) is 13.2. The molecule has 0 atom stereocenters. The minimum Gasteiger partial charge on any atom is -0.480 e. The zero-order chi connectivity index (χ0) is 29.4. The van der Waals surface area contributed by atoms with Gasteiger partial charge in [0, 0.05) is 12.7 Å². The number of allylic oxidation sites excluding steroid dienone is 2. The molecule has 0 saturated carbocycles. The minimum atomic E-state index is -1.03. The van der Waals surface area contributed by atoms with Crippen molar-refractivity contribution in [1.29, 1.82) is 0 Å². The summed E-state index contributed by atoms with van der Waals surface area (Å²) in [5.74, 6) is 0.181. The van der Waals surface area contributed by atoms with Crippen LogP contribution in [-0.4, -0.2) is 24.3 Å². The molecule has 1 aliphatic heterocycles. The first-order valence-electron chi connectivity index (χ1n) is 14.4. The van der Waals surface area contributed by atoms with Gasteiger partial charge in [-0.05, 0) is 52.8 Å². The van der Waals surface area contributed by atoms with Crippen molar-refractivity contribution in [3.05, 3.63) is 162 Å². The molecule has 0 radical (unpaired) electrons. The highest BCUT2D eigenvalue weighted by Crippen LogP contribution is 2.46. The van der Waals surface area contributed by atoms with Crippen LogP contribution in [0.15, 0.2) is 139 Å². The Labute approximate surface area is 249 Å². The molecule has 1 aliphatic rings. The van der Waals surface area contributed by atoms with Gasteiger partial charge in [0.05, 0.1) is 18.6 Å². The smallest absolute Gasteiger partial charge is 0.415 e. The maximum Gasteiger partial charge on any atom is 0.415 e. The molecule has 0 bridgehead atoms. The molecular formula is C37H38N2O3. The van der Waals surface area contributed by atoms with Crippen LogP contribution in [0.5, 0.6) is 0 Å².